The molecule has 0 aromatic heterocycles. The first-order chi connectivity index (χ1) is 11.5. The highest BCUT2D eigenvalue weighted by Gasteiger charge is 2.40. The van der Waals surface area contributed by atoms with E-state index in [4.69, 9.17) is 21.1 Å². The SMILES string of the molecule is CCC(Oc1ccccc1Cl)C(=O)NCC1(C(=O)O)CCOCC1. The Morgan fingerprint density at radius 1 is 1.38 bits per heavy atom. The van der Waals surface area contributed by atoms with Crippen LogP contribution in [0.5, 0.6) is 5.75 Å². The minimum atomic E-state index is -0.976. The molecule has 24 heavy (non-hydrogen) atoms. The van der Waals surface area contributed by atoms with Crippen LogP contribution in [0.1, 0.15) is 26.2 Å². The number of para-hydroxylation sites is 1. The largest absolute Gasteiger partial charge is 0.481 e. The fourth-order valence-electron chi connectivity index (χ4n) is 2.61. The first kappa shape index (κ1) is 18.5. The number of carboxylic acids is 1. The zero-order valence-corrected chi connectivity index (χ0v) is 14.3. The lowest BCUT2D eigenvalue weighted by Gasteiger charge is -2.33. The number of carbonyl (C=O) groups excluding carboxylic acids is 1. The molecule has 1 fully saturated rings. The highest BCUT2D eigenvalue weighted by Crippen LogP contribution is 2.30. The Hall–Kier alpha value is -1.79. The number of rotatable bonds is 7. The molecular weight excluding hydrogens is 334 g/mol. The van der Waals surface area contributed by atoms with Crippen molar-refractivity contribution in [3.8, 4) is 5.75 Å². The third-order valence-corrected chi connectivity index (χ3v) is 4.59. The Kier molecular flexibility index (Phi) is 6.45. The van der Waals surface area contributed by atoms with Gasteiger partial charge in [-0.2, -0.15) is 0 Å². The van der Waals surface area contributed by atoms with E-state index >= 15 is 0 Å². The summed E-state index contributed by atoms with van der Waals surface area (Å²) in [7, 11) is 0. The summed E-state index contributed by atoms with van der Waals surface area (Å²) in [6.07, 6.45) is 0.478. The van der Waals surface area contributed by atoms with Crippen molar-refractivity contribution >= 4 is 23.5 Å². The normalized spacial score (nSPS) is 17.8. The van der Waals surface area contributed by atoms with Crippen molar-refractivity contribution in [3.05, 3.63) is 29.3 Å². The van der Waals surface area contributed by atoms with Crippen LogP contribution in [0.15, 0.2) is 24.3 Å². The van der Waals surface area contributed by atoms with Gasteiger partial charge < -0.3 is 19.9 Å². The topological polar surface area (TPSA) is 84.9 Å². The van der Waals surface area contributed by atoms with E-state index in [0.717, 1.165) is 0 Å². The van der Waals surface area contributed by atoms with Gasteiger partial charge in [0.1, 0.15) is 5.75 Å². The van der Waals surface area contributed by atoms with Gasteiger partial charge in [-0.05, 0) is 31.4 Å². The highest BCUT2D eigenvalue weighted by atomic mass is 35.5. The third-order valence-electron chi connectivity index (χ3n) is 4.27. The zero-order valence-electron chi connectivity index (χ0n) is 13.6. The second-order valence-corrected chi connectivity index (χ2v) is 6.27. The van der Waals surface area contributed by atoms with E-state index in [0.29, 0.717) is 43.2 Å². The Bertz CT molecular complexity index is 586. The summed E-state index contributed by atoms with van der Waals surface area (Å²) in [5, 5.41) is 12.7. The molecule has 1 aromatic rings. The molecule has 1 saturated heterocycles. The van der Waals surface area contributed by atoms with Gasteiger partial charge >= 0.3 is 5.97 Å². The van der Waals surface area contributed by atoms with Crippen LogP contribution < -0.4 is 10.1 Å². The van der Waals surface area contributed by atoms with Crippen molar-refractivity contribution in [2.24, 2.45) is 5.41 Å². The number of amides is 1. The molecule has 1 atom stereocenters. The molecule has 132 valence electrons. The zero-order chi connectivity index (χ0) is 17.6. The van der Waals surface area contributed by atoms with Gasteiger partial charge in [0.2, 0.25) is 0 Å². The minimum absolute atomic E-state index is 0.0624. The molecule has 0 spiro atoms. The number of carbonyl (C=O) groups is 2. The summed E-state index contributed by atoms with van der Waals surface area (Å²) in [4.78, 5) is 24.0. The third kappa shape index (κ3) is 4.39. The van der Waals surface area contributed by atoms with Gasteiger partial charge in [-0.15, -0.1) is 0 Å². The lowest BCUT2D eigenvalue weighted by molar-refractivity contribution is -0.155. The van der Waals surface area contributed by atoms with Gasteiger partial charge in [-0.1, -0.05) is 30.7 Å². The molecule has 2 rings (SSSR count). The number of nitrogens with one attached hydrogen (secondary N) is 1. The number of benzene rings is 1. The Labute approximate surface area is 146 Å². The second kappa shape index (κ2) is 8.35. The number of aliphatic carboxylic acids is 1. The fraction of sp³-hybridized carbons (Fsp3) is 0.529. The van der Waals surface area contributed by atoms with Crippen LogP contribution in [0.25, 0.3) is 0 Å². The van der Waals surface area contributed by atoms with E-state index in [1.807, 2.05) is 6.92 Å². The van der Waals surface area contributed by atoms with Gasteiger partial charge in [0, 0.05) is 19.8 Å². The molecule has 1 heterocycles. The van der Waals surface area contributed by atoms with Crippen molar-refractivity contribution < 1.29 is 24.2 Å². The van der Waals surface area contributed by atoms with Crippen LogP contribution in [-0.2, 0) is 14.3 Å². The average molecular weight is 356 g/mol. The first-order valence-electron chi connectivity index (χ1n) is 7.98. The summed E-state index contributed by atoms with van der Waals surface area (Å²) in [5.74, 6) is -0.823. The number of ether oxygens (including phenoxy) is 2. The van der Waals surface area contributed by atoms with E-state index in [-0.39, 0.29) is 12.5 Å². The summed E-state index contributed by atoms with van der Waals surface area (Å²) < 4.78 is 10.9. The van der Waals surface area contributed by atoms with E-state index in [1.165, 1.54) is 0 Å². The molecule has 6 nitrogen and oxygen atoms in total. The smallest absolute Gasteiger partial charge is 0.311 e. The molecule has 0 saturated carbocycles. The number of halogens is 1. The molecule has 1 aromatic carbocycles. The quantitative estimate of drug-likeness (QED) is 0.785. The maximum atomic E-state index is 12.4. The van der Waals surface area contributed by atoms with Crippen LogP contribution in [0, 0.1) is 5.41 Å². The summed E-state index contributed by atoms with van der Waals surface area (Å²) in [5.41, 5.74) is -0.976. The van der Waals surface area contributed by atoms with Gasteiger partial charge in [-0.3, -0.25) is 9.59 Å². The maximum absolute atomic E-state index is 12.4. The summed E-state index contributed by atoms with van der Waals surface area (Å²) in [6, 6.07) is 6.92. The van der Waals surface area contributed by atoms with Crippen LogP contribution in [0.4, 0.5) is 0 Å². The summed E-state index contributed by atoms with van der Waals surface area (Å²) >= 11 is 6.04. The van der Waals surface area contributed by atoms with E-state index < -0.39 is 17.5 Å². The molecule has 1 unspecified atom stereocenters. The monoisotopic (exact) mass is 355 g/mol. The van der Waals surface area contributed by atoms with Gasteiger partial charge in [0.05, 0.1) is 10.4 Å². The molecular formula is C17H22ClNO5. The lowest BCUT2D eigenvalue weighted by Crippen LogP contribution is -2.49. The van der Waals surface area contributed by atoms with Crippen molar-refractivity contribution in [2.45, 2.75) is 32.3 Å². The van der Waals surface area contributed by atoms with Crippen molar-refractivity contribution in [1.29, 1.82) is 0 Å². The number of hydrogen-bond donors (Lipinski definition) is 2. The van der Waals surface area contributed by atoms with Gasteiger partial charge in [0.25, 0.3) is 5.91 Å². The molecule has 0 bridgehead atoms. The standard InChI is InChI=1S/C17H22ClNO5/c1-2-13(24-14-6-4-3-5-12(14)18)15(20)19-11-17(16(21)22)7-9-23-10-8-17/h3-6,13H,2,7-11H2,1H3,(H,19,20)(H,21,22). The highest BCUT2D eigenvalue weighted by molar-refractivity contribution is 6.32. The molecule has 1 aliphatic rings. The Morgan fingerprint density at radius 2 is 2.04 bits per heavy atom. The molecule has 7 heteroatoms. The maximum Gasteiger partial charge on any atom is 0.311 e. The molecule has 0 aliphatic carbocycles. The van der Waals surface area contributed by atoms with E-state index in [9.17, 15) is 14.7 Å². The number of hydrogen-bond acceptors (Lipinski definition) is 4. The van der Waals surface area contributed by atoms with E-state index in [2.05, 4.69) is 5.32 Å². The van der Waals surface area contributed by atoms with E-state index in [1.54, 1.807) is 24.3 Å². The Morgan fingerprint density at radius 3 is 2.62 bits per heavy atom. The average Bonchev–Trinajstić information content (AvgIpc) is 2.59. The lowest BCUT2D eigenvalue weighted by atomic mass is 9.80. The van der Waals surface area contributed by atoms with Crippen molar-refractivity contribution in [1.82, 2.24) is 5.32 Å². The van der Waals surface area contributed by atoms with Crippen molar-refractivity contribution in [2.75, 3.05) is 19.8 Å². The molecule has 1 amide bonds. The summed E-state index contributed by atoms with van der Waals surface area (Å²) in [6.45, 7) is 2.65. The van der Waals surface area contributed by atoms with Crippen LogP contribution in [0.2, 0.25) is 5.02 Å². The second-order valence-electron chi connectivity index (χ2n) is 5.86. The first-order valence-corrected chi connectivity index (χ1v) is 8.36. The predicted octanol–water partition coefficient (Wildman–Crippen LogP) is 2.50. The van der Waals surface area contributed by atoms with Gasteiger partial charge in [0.15, 0.2) is 6.10 Å². The molecule has 2 N–H and O–H groups in total. The number of carboxylic acid groups (broad SMARTS) is 1. The fourth-order valence-corrected chi connectivity index (χ4v) is 2.79. The Balaban J connectivity index is 1.98. The predicted molar refractivity (Wildman–Crippen MR) is 89.3 cm³/mol. The van der Waals surface area contributed by atoms with Crippen LogP contribution in [-0.4, -0.2) is 42.8 Å². The van der Waals surface area contributed by atoms with Gasteiger partial charge in [-0.25, -0.2) is 0 Å². The minimum Gasteiger partial charge on any atom is -0.481 e. The molecule has 0 radical (unpaired) electrons. The van der Waals surface area contributed by atoms with Crippen LogP contribution in [0.3, 0.4) is 0 Å². The molecule has 1 aliphatic heterocycles. The van der Waals surface area contributed by atoms with Crippen LogP contribution >= 0.6 is 11.6 Å². The van der Waals surface area contributed by atoms with Crippen molar-refractivity contribution in [3.63, 3.8) is 0 Å².